The van der Waals surface area contributed by atoms with Gasteiger partial charge in [0.15, 0.2) is 0 Å². The highest BCUT2D eigenvalue weighted by atomic mass is 79.9. The summed E-state index contributed by atoms with van der Waals surface area (Å²) in [6, 6.07) is -0.602. The van der Waals surface area contributed by atoms with Crippen molar-refractivity contribution in [3.8, 4) is 0 Å². The van der Waals surface area contributed by atoms with E-state index in [0.717, 1.165) is 11.8 Å². The fourth-order valence-electron chi connectivity index (χ4n) is 1.46. The van der Waals surface area contributed by atoms with E-state index in [9.17, 15) is 14.4 Å². The molecule has 1 heterocycles. The molecule has 0 unspecified atom stereocenters. The maximum Gasteiger partial charge on any atom is 0.425 e. The van der Waals surface area contributed by atoms with Gasteiger partial charge in [-0.15, -0.1) is 0 Å². The monoisotopic (exact) mass is 320 g/mol. The fourth-order valence-corrected chi connectivity index (χ4v) is 1.71. The Hall–Kier alpha value is -1.11. The molecule has 1 aliphatic rings. The summed E-state index contributed by atoms with van der Waals surface area (Å²) in [4.78, 5) is 37.1. The first-order chi connectivity index (χ1) is 8.26. The minimum Gasteiger partial charge on any atom is -0.443 e. The Balaban J connectivity index is 2.69. The number of carbonyl (C=O) groups excluding carboxylic acids is 3. The molecule has 0 aromatic rings. The van der Waals surface area contributed by atoms with Crippen molar-refractivity contribution in [1.29, 1.82) is 0 Å². The number of hydrogen-bond acceptors (Lipinski definition) is 4. The van der Waals surface area contributed by atoms with Gasteiger partial charge in [0.1, 0.15) is 12.1 Å². The highest BCUT2D eigenvalue weighted by Crippen LogP contribution is 2.16. The number of halogens is 1. The standard InChI is InChI=1S/C11H17BrN2O4/c1-11(2,3)18-10(17)14-8(15)7-13(9(14)16)6-4-5-12/h4-7H2,1-3H3. The smallest absolute Gasteiger partial charge is 0.425 e. The maximum absolute atomic E-state index is 11.9. The van der Waals surface area contributed by atoms with Crippen LogP contribution >= 0.6 is 15.9 Å². The van der Waals surface area contributed by atoms with Crippen LogP contribution in [0.25, 0.3) is 0 Å². The van der Waals surface area contributed by atoms with Crippen molar-refractivity contribution in [3.63, 3.8) is 0 Å². The van der Waals surface area contributed by atoms with Gasteiger partial charge in [-0.3, -0.25) is 4.79 Å². The summed E-state index contributed by atoms with van der Waals surface area (Å²) in [7, 11) is 0. The number of urea groups is 1. The predicted octanol–water partition coefficient (Wildman–Crippen LogP) is 1.97. The fraction of sp³-hybridized carbons (Fsp3) is 0.727. The van der Waals surface area contributed by atoms with E-state index in [1.165, 1.54) is 4.90 Å². The summed E-state index contributed by atoms with van der Waals surface area (Å²) in [5.74, 6) is -0.538. The van der Waals surface area contributed by atoms with Crippen LogP contribution in [0.15, 0.2) is 0 Å². The van der Waals surface area contributed by atoms with Gasteiger partial charge >= 0.3 is 12.1 Å². The number of imide groups is 3. The number of nitrogens with zero attached hydrogens (tertiary/aromatic N) is 2. The van der Waals surface area contributed by atoms with Crippen molar-refractivity contribution in [2.24, 2.45) is 0 Å². The van der Waals surface area contributed by atoms with Gasteiger partial charge in [-0.1, -0.05) is 15.9 Å². The Kier molecular flexibility index (Phi) is 4.72. The number of rotatable bonds is 3. The first kappa shape index (κ1) is 14.9. The van der Waals surface area contributed by atoms with Crippen LogP contribution < -0.4 is 0 Å². The van der Waals surface area contributed by atoms with Gasteiger partial charge in [-0.25, -0.2) is 9.59 Å². The second-order valence-electron chi connectivity index (χ2n) is 4.96. The third kappa shape index (κ3) is 3.69. The Labute approximate surface area is 114 Å². The quantitative estimate of drug-likeness (QED) is 0.589. The van der Waals surface area contributed by atoms with Crippen LogP contribution in [0.4, 0.5) is 9.59 Å². The van der Waals surface area contributed by atoms with Crippen LogP contribution in [0.3, 0.4) is 0 Å². The van der Waals surface area contributed by atoms with Gasteiger partial charge in [0.2, 0.25) is 0 Å². The van der Waals surface area contributed by atoms with Gasteiger partial charge in [0.25, 0.3) is 5.91 Å². The molecule has 4 amide bonds. The largest absolute Gasteiger partial charge is 0.443 e. The van der Waals surface area contributed by atoms with E-state index in [2.05, 4.69) is 15.9 Å². The van der Waals surface area contributed by atoms with Crippen molar-refractivity contribution in [3.05, 3.63) is 0 Å². The van der Waals surface area contributed by atoms with Crippen LogP contribution in [0.1, 0.15) is 27.2 Å². The Morgan fingerprint density at radius 3 is 2.50 bits per heavy atom. The molecule has 7 heteroatoms. The molecule has 0 atom stereocenters. The number of hydrogen-bond donors (Lipinski definition) is 0. The zero-order valence-corrected chi connectivity index (χ0v) is 12.3. The minimum atomic E-state index is -0.904. The number of carbonyl (C=O) groups is 3. The molecule has 6 nitrogen and oxygen atoms in total. The summed E-state index contributed by atoms with van der Waals surface area (Å²) in [6.45, 7) is 5.41. The summed E-state index contributed by atoms with van der Waals surface area (Å²) in [5.41, 5.74) is -0.735. The molecule has 0 N–H and O–H groups in total. The van der Waals surface area contributed by atoms with Crippen LogP contribution in [-0.2, 0) is 9.53 Å². The van der Waals surface area contributed by atoms with Crippen molar-refractivity contribution in [2.45, 2.75) is 32.8 Å². The lowest BCUT2D eigenvalue weighted by Crippen LogP contribution is -2.41. The molecule has 1 rings (SSSR count). The minimum absolute atomic E-state index is 0.0644. The zero-order chi connectivity index (χ0) is 13.9. The van der Waals surface area contributed by atoms with Gasteiger partial charge < -0.3 is 9.64 Å². The molecular weight excluding hydrogens is 304 g/mol. The molecule has 0 aromatic carbocycles. The molecule has 0 saturated carbocycles. The molecular formula is C11H17BrN2O4. The van der Waals surface area contributed by atoms with Crippen LogP contribution in [0.2, 0.25) is 0 Å². The van der Waals surface area contributed by atoms with E-state index in [0.29, 0.717) is 11.4 Å². The molecule has 0 spiro atoms. The SMILES string of the molecule is CC(C)(C)OC(=O)N1C(=O)CN(CCCBr)C1=O. The molecule has 102 valence electrons. The summed E-state index contributed by atoms with van der Waals surface area (Å²) in [5, 5.41) is 0.734. The van der Waals surface area contributed by atoms with E-state index < -0.39 is 23.6 Å². The van der Waals surface area contributed by atoms with E-state index in [4.69, 9.17) is 4.74 Å². The lowest BCUT2D eigenvalue weighted by Gasteiger charge is -2.22. The van der Waals surface area contributed by atoms with Gasteiger partial charge in [-0.2, -0.15) is 4.90 Å². The maximum atomic E-state index is 11.9. The second kappa shape index (κ2) is 5.69. The van der Waals surface area contributed by atoms with Crippen molar-refractivity contribution >= 4 is 34.0 Å². The molecule has 1 aliphatic heterocycles. The normalized spacial score (nSPS) is 16.4. The highest BCUT2D eigenvalue weighted by Gasteiger charge is 2.42. The van der Waals surface area contributed by atoms with E-state index in [-0.39, 0.29) is 6.54 Å². The molecule has 1 fully saturated rings. The van der Waals surface area contributed by atoms with Gasteiger partial charge in [0.05, 0.1) is 0 Å². The highest BCUT2D eigenvalue weighted by molar-refractivity contribution is 9.09. The van der Waals surface area contributed by atoms with Gasteiger partial charge in [0, 0.05) is 11.9 Å². The third-order valence-electron chi connectivity index (χ3n) is 2.18. The Bertz CT molecular complexity index is 365. The average molecular weight is 321 g/mol. The molecule has 0 aromatic heterocycles. The van der Waals surface area contributed by atoms with Crippen LogP contribution in [0.5, 0.6) is 0 Å². The molecule has 0 radical (unpaired) electrons. The number of alkyl halides is 1. The van der Waals surface area contributed by atoms with Crippen molar-refractivity contribution in [2.75, 3.05) is 18.4 Å². The third-order valence-corrected chi connectivity index (χ3v) is 2.74. The van der Waals surface area contributed by atoms with E-state index in [1.54, 1.807) is 20.8 Å². The van der Waals surface area contributed by atoms with E-state index >= 15 is 0 Å². The molecule has 1 saturated heterocycles. The summed E-state index contributed by atoms with van der Waals surface area (Å²) in [6.07, 6.45) is -0.180. The molecule has 0 bridgehead atoms. The first-order valence-electron chi connectivity index (χ1n) is 5.67. The Morgan fingerprint density at radius 2 is 2.00 bits per heavy atom. The lowest BCUT2D eigenvalue weighted by atomic mass is 10.2. The zero-order valence-electron chi connectivity index (χ0n) is 10.7. The summed E-state index contributed by atoms with van der Waals surface area (Å²) < 4.78 is 5.02. The van der Waals surface area contributed by atoms with Crippen LogP contribution in [0, 0.1) is 0 Å². The summed E-state index contributed by atoms with van der Waals surface area (Å²) >= 11 is 3.25. The Morgan fingerprint density at radius 1 is 1.39 bits per heavy atom. The number of ether oxygens (including phenoxy) is 1. The first-order valence-corrected chi connectivity index (χ1v) is 6.79. The van der Waals surface area contributed by atoms with Crippen molar-refractivity contribution in [1.82, 2.24) is 9.80 Å². The van der Waals surface area contributed by atoms with Crippen molar-refractivity contribution < 1.29 is 19.1 Å². The average Bonchev–Trinajstić information content (AvgIpc) is 2.48. The second-order valence-corrected chi connectivity index (χ2v) is 5.75. The topological polar surface area (TPSA) is 66.9 Å². The molecule has 0 aliphatic carbocycles. The van der Waals surface area contributed by atoms with Gasteiger partial charge in [-0.05, 0) is 27.2 Å². The molecule has 18 heavy (non-hydrogen) atoms. The van der Waals surface area contributed by atoms with E-state index in [1.807, 2.05) is 0 Å². The van der Waals surface area contributed by atoms with Crippen LogP contribution in [-0.4, -0.2) is 51.9 Å². The lowest BCUT2D eigenvalue weighted by molar-refractivity contribution is -0.124. The predicted molar refractivity (Wildman–Crippen MR) is 68.5 cm³/mol. The number of amides is 4.